The Morgan fingerprint density at radius 3 is 2.79 bits per heavy atom. The molecule has 1 N–H and O–H groups in total. The molecule has 1 aromatic heterocycles. The lowest BCUT2D eigenvalue weighted by molar-refractivity contribution is 0.175. The van der Waals surface area contributed by atoms with E-state index in [1.807, 2.05) is 38.2 Å². The SMILES string of the molecule is COc1cccc(C(O)Cc2c(Br)c(C)nn2C)c1. The van der Waals surface area contributed by atoms with Crippen molar-refractivity contribution in [1.29, 1.82) is 0 Å². The minimum atomic E-state index is -0.582. The van der Waals surface area contributed by atoms with E-state index in [1.54, 1.807) is 11.8 Å². The number of methoxy groups -OCH3 is 1. The van der Waals surface area contributed by atoms with Crippen LogP contribution in [0.2, 0.25) is 0 Å². The molecule has 1 unspecified atom stereocenters. The number of benzene rings is 1. The van der Waals surface area contributed by atoms with Crippen LogP contribution in [-0.2, 0) is 13.5 Å². The van der Waals surface area contributed by atoms with Crippen molar-refractivity contribution in [3.63, 3.8) is 0 Å². The van der Waals surface area contributed by atoms with Crippen LogP contribution >= 0.6 is 15.9 Å². The summed E-state index contributed by atoms with van der Waals surface area (Å²) < 4.78 is 7.92. The van der Waals surface area contributed by atoms with E-state index in [0.29, 0.717) is 6.42 Å². The summed E-state index contributed by atoms with van der Waals surface area (Å²) in [4.78, 5) is 0. The monoisotopic (exact) mass is 324 g/mol. The molecule has 0 fully saturated rings. The fourth-order valence-electron chi connectivity index (χ4n) is 2.05. The highest BCUT2D eigenvalue weighted by molar-refractivity contribution is 9.10. The topological polar surface area (TPSA) is 47.3 Å². The van der Waals surface area contributed by atoms with Gasteiger partial charge < -0.3 is 9.84 Å². The van der Waals surface area contributed by atoms with Crippen molar-refractivity contribution in [2.45, 2.75) is 19.4 Å². The second-order valence-electron chi connectivity index (χ2n) is 4.47. The molecular formula is C14H17BrN2O2. The van der Waals surface area contributed by atoms with Crippen LogP contribution in [0, 0.1) is 6.92 Å². The summed E-state index contributed by atoms with van der Waals surface area (Å²) in [5.41, 5.74) is 2.74. The Morgan fingerprint density at radius 2 is 2.21 bits per heavy atom. The lowest BCUT2D eigenvalue weighted by Crippen LogP contribution is -2.07. The van der Waals surface area contributed by atoms with Gasteiger partial charge in [0.15, 0.2) is 0 Å². The van der Waals surface area contributed by atoms with Crippen LogP contribution in [0.3, 0.4) is 0 Å². The van der Waals surface area contributed by atoms with E-state index in [9.17, 15) is 5.11 Å². The number of halogens is 1. The zero-order valence-corrected chi connectivity index (χ0v) is 12.8. The largest absolute Gasteiger partial charge is 0.497 e. The van der Waals surface area contributed by atoms with Crippen molar-refractivity contribution < 1.29 is 9.84 Å². The first-order chi connectivity index (χ1) is 9.02. The summed E-state index contributed by atoms with van der Waals surface area (Å²) >= 11 is 3.51. The first-order valence-electron chi connectivity index (χ1n) is 6.03. The van der Waals surface area contributed by atoms with Gasteiger partial charge in [-0.1, -0.05) is 12.1 Å². The van der Waals surface area contributed by atoms with Crippen molar-refractivity contribution in [2.24, 2.45) is 7.05 Å². The average Bonchev–Trinajstić information content (AvgIpc) is 2.65. The highest BCUT2D eigenvalue weighted by Crippen LogP contribution is 2.27. The third-order valence-corrected chi connectivity index (χ3v) is 4.16. The molecule has 102 valence electrons. The zero-order chi connectivity index (χ0) is 14.0. The number of aliphatic hydroxyl groups is 1. The molecule has 0 saturated carbocycles. The predicted octanol–water partition coefficient (Wildman–Crippen LogP) is 2.78. The number of hydrogen-bond donors (Lipinski definition) is 1. The van der Waals surface area contributed by atoms with Crippen LogP contribution in [-0.4, -0.2) is 22.0 Å². The molecule has 0 aliphatic heterocycles. The molecule has 2 aromatic rings. The molecule has 1 aromatic carbocycles. The average molecular weight is 325 g/mol. The fourth-order valence-corrected chi connectivity index (χ4v) is 2.55. The Bertz CT molecular complexity index is 581. The Balaban J connectivity index is 2.22. The number of hydrogen-bond acceptors (Lipinski definition) is 3. The maximum absolute atomic E-state index is 10.3. The number of nitrogens with zero attached hydrogens (tertiary/aromatic N) is 2. The molecule has 5 heteroatoms. The molecule has 19 heavy (non-hydrogen) atoms. The van der Waals surface area contributed by atoms with Crippen LogP contribution in [0.25, 0.3) is 0 Å². The van der Waals surface area contributed by atoms with E-state index in [4.69, 9.17) is 4.74 Å². The molecule has 0 amide bonds. The molecule has 4 nitrogen and oxygen atoms in total. The lowest BCUT2D eigenvalue weighted by atomic mass is 10.0. The van der Waals surface area contributed by atoms with E-state index in [2.05, 4.69) is 21.0 Å². The van der Waals surface area contributed by atoms with Crippen molar-refractivity contribution >= 4 is 15.9 Å². The second-order valence-corrected chi connectivity index (χ2v) is 5.26. The molecule has 0 saturated heterocycles. The van der Waals surface area contributed by atoms with Gasteiger partial charge in [-0.2, -0.15) is 5.10 Å². The predicted molar refractivity (Wildman–Crippen MR) is 77.3 cm³/mol. The van der Waals surface area contributed by atoms with Gasteiger partial charge in [0, 0.05) is 13.5 Å². The van der Waals surface area contributed by atoms with E-state index >= 15 is 0 Å². The standard InChI is InChI=1S/C14H17BrN2O2/c1-9-14(15)12(17(2)16-9)8-13(18)10-5-4-6-11(7-10)19-3/h4-7,13,18H,8H2,1-3H3. The van der Waals surface area contributed by atoms with E-state index in [0.717, 1.165) is 27.2 Å². The molecule has 2 rings (SSSR count). The minimum Gasteiger partial charge on any atom is -0.497 e. The van der Waals surface area contributed by atoms with Gasteiger partial charge in [-0.3, -0.25) is 4.68 Å². The summed E-state index contributed by atoms with van der Waals surface area (Å²) in [5.74, 6) is 0.747. The van der Waals surface area contributed by atoms with Crippen molar-refractivity contribution in [3.05, 3.63) is 45.7 Å². The van der Waals surface area contributed by atoms with Crippen LogP contribution < -0.4 is 4.74 Å². The van der Waals surface area contributed by atoms with E-state index in [-0.39, 0.29) is 0 Å². The smallest absolute Gasteiger partial charge is 0.119 e. The Kier molecular flexibility index (Phi) is 4.27. The van der Waals surface area contributed by atoms with Gasteiger partial charge in [0.25, 0.3) is 0 Å². The zero-order valence-electron chi connectivity index (χ0n) is 11.2. The molecular weight excluding hydrogens is 308 g/mol. The molecule has 1 heterocycles. The highest BCUT2D eigenvalue weighted by Gasteiger charge is 2.16. The van der Waals surface area contributed by atoms with Gasteiger partial charge in [0.1, 0.15) is 5.75 Å². The number of ether oxygens (including phenoxy) is 1. The summed E-state index contributed by atoms with van der Waals surface area (Å²) in [6, 6.07) is 7.48. The maximum Gasteiger partial charge on any atom is 0.119 e. The number of aromatic nitrogens is 2. The van der Waals surface area contributed by atoms with Crippen LogP contribution in [0.15, 0.2) is 28.7 Å². The van der Waals surface area contributed by atoms with Crippen molar-refractivity contribution in [2.75, 3.05) is 7.11 Å². The van der Waals surface area contributed by atoms with Crippen molar-refractivity contribution in [1.82, 2.24) is 9.78 Å². The first kappa shape index (κ1) is 14.1. The van der Waals surface area contributed by atoms with Crippen LogP contribution in [0.4, 0.5) is 0 Å². The van der Waals surface area contributed by atoms with Crippen LogP contribution in [0.5, 0.6) is 5.75 Å². The quantitative estimate of drug-likeness (QED) is 0.940. The fraction of sp³-hybridized carbons (Fsp3) is 0.357. The van der Waals surface area contributed by atoms with Gasteiger partial charge in [0.2, 0.25) is 0 Å². The molecule has 0 aliphatic carbocycles. The highest BCUT2D eigenvalue weighted by atomic mass is 79.9. The van der Waals surface area contributed by atoms with Gasteiger partial charge in [0.05, 0.1) is 29.1 Å². The maximum atomic E-state index is 10.3. The minimum absolute atomic E-state index is 0.505. The third-order valence-electron chi connectivity index (χ3n) is 3.13. The summed E-state index contributed by atoms with van der Waals surface area (Å²) in [6.07, 6.45) is -0.0772. The van der Waals surface area contributed by atoms with Crippen LogP contribution in [0.1, 0.15) is 23.1 Å². The van der Waals surface area contributed by atoms with Crippen molar-refractivity contribution in [3.8, 4) is 5.75 Å². The molecule has 0 spiro atoms. The number of aliphatic hydroxyl groups excluding tert-OH is 1. The normalized spacial score (nSPS) is 12.5. The first-order valence-corrected chi connectivity index (χ1v) is 6.82. The Hall–Kier alpha value is -1.33. The lowest BCUT2D eigenvalue weighted by Gasteiger charge is -2.12. The number of rotatable bonds is 4. The van der Waals surface area contributed by atoms with E-state index < -0.39 is 6.10 Å². The Labute approximate surface area is 121 Å². The van der Waals surface area contributed by atoms with E-state index in [1.165, 1.54) is 0 Å². The second kappa shape index (κ2) is 5.75. The van der Waals surface area contributed by atoms with Gasteiger partial charge in [-0.25, -0.2) is 0 Å². The Morgan fingerprint density at radius 1 is 1.47 bits per heavy atom. The van der Waals surface area contributed by atoms with Gasteiger partial charge >= 0.3 is 0 Å². The summed E-state index contributed by atoms with van der Waals surface area (Å²) in [5, 5.41) is 14.7. The molecule has 0 bridgehead atoms. The summed E-state index contributed by atoms with van der Waals surface area (Å²) in [7, 11) is 3.50. The van der Waals surface area contributed by atoms with Gasteiger partial charge in [-0.05, 0) is 40.5 Å². The molecule has 1 atom stereocenters. The molecule has 0 radical (unpaired) electrons. The molecule has 0 aliphatic rings. The summed E-state index contributed by atoms with van der Waals surface area (Å²) in [6.45, 7) is 1.94. The third kappa shape index (κ3) is 2.98. The number of aryl methyl sites for hydroxylation is 2. The van der Waals surface area contributed by atoms with Gasteiger partial charge in [-0.15, -0.1) is 0 Å².